The Kier molecular flexibility index (Phi) is 10.2. The van der Waals surface area contributed by atoms with Crippen LogP contribution in [0.5, 0.6) is 0 Å². The molecule has 0 fully saturated rings. The summed E-state index contributed by atoms with van der Waals surface area (Å²) in [4.78, 5) is 4.03. The van der Waals surface area contributed by atoms with Crippen molar-refractivity contribution in [1.29, 1.82) is 0 Å². The number of hydrogen-bond acceptors (Lipinski definition) is 3. The van der Waals surface area contributed by atoms with Gasteiger partial charge in [0.2, 0.25) is 0 Å². The zero-order chi connectivity index (χ0) is 16.3. The van der Waals surface area contributed by atoms with Crippen LogP contribution in [0.1, 0.15) is 27.2 Å². The van der Waals surface area contributed by atoms with Gasteiger partial charge in [-0.1, -0.05) is 13.8 Å². The molecule has 0 saturated carbocycles. The maximum atomic E-state index is 12.1. The van der Waals surface area contributed by atoms with E-state index in [1.54, 1.807) is 0 Å². The zero-order valence-electron chi connectivity index (χ0n) is 12.8. The molecule has 0 amide bonds. The lowest BCUT2D eigenvalue weighted by Gasteiger charge is -2.14. The van der Waals surface area contributed by atoms with E-state index in [0.29, 0.717) is 19.1 Å². The summed E-state index contributed by atoms with van der Waals surface area (Å²) in [7, 11) is 0. The number of rotatable bonds is 9. The predicted molar refractivity (Wildman–Crippen MR) is 76.3 cm³/mol. The summed E-state index contributed by atoms with van der Waals surface area (Å²) >= 11 is 0. The number of alkyl halides is 3. The van der Waals surface area contributed by atoms with Gasteiger partial charge < -0.3 is 20.5 Å². The second-order valence-electron chi connectivity index (χ2n) is 5.10. The van der Waals surface area contributed by atoms with Crippen LogP contribution in [0.2, 0.25) is 0 Å². The molecular formula is C13H26F3N3O2. The minimum Gasteiger partial charge on any atom is -0.389 e. The van der Waals surface area contributed by atoms with Crippen molar-refractivity contribution >= 4 is 5.96 Å². The van der Waals surface area contributed by atoms with Crippen molar-refractivity contribution in [2.24, 2.45) is 10.9 Å². The van der Waals surface area contributed by atoms with Gasteiger partial charge >= 0.3 is 6.18 Å². The van der Waals surface area contributed by atoms with E-state index in [1.165, 1.54) is 0 Å². The normalized spacial score (nSPS) is 14.4. The number of nitrogens with one attached hydrogen (secondary N) is 2. The van der Waals surface area contributed by atoms with Gasteiger partial charge in [-0.3, -0.25) is 4.99 Å². The number of halogens is 3. The summed E-state index contributed by atoms with van der Waals surface area (Å²) in [6.45, 7) is 6.85. The second-order valence-corrected chi connectivity index (χ2v) is 5.10. The number of guanidine groups is 1. The Bertz CT molecular complexity index is 297. The maximum absolute atomic E-state index is 12.1. The quantitative estimate of drug-likeness (QED) is 0.446. The first-order valence-electron chi connectivity index (χ1n) is 7.09. The molecule has 0 aliphatic heterocycles. The Hall–Kier alpha value is -1.02. The highest BCUT2D eigenvalue weighted by Gasteiger charge is 2.26. The van der Waals surface area contributed by atoms with Crippen molar-refractivity contribution in [2.45, 2.75) is 39.5 Å². The number of ether oxygens (including phenoxy) is 1. The molecular weight excluding hydrogens is 287 g/mol. The molecule has 3 N–H and O–H groups in total. The van der Waals surface area contributed by atoms with Gasteiger partial charge in [0.1, 0.15) is 0 Å². The molecule has 0 radical (unpaired) electrons. The minimum absolute atomic E-state index is 0.0689. The van der Waals surface area contributed by atoms with E-state index in [9.17, 15) is 18.3 Å². The molecule has 0 bridgehead atoms. The lowest BCUT2D eigenvalue weighted by Crippen LogP contribution is -2.39. The van der Waals surface area contributed by atoms with Gasteiger partial charge in [0.15, 0.2) is 5.96 Å². The molecule has 0 aromatic rings. The van der Waals surface area contributed by atoms with E-state index in [4.69, 9.17) is 4.74 Å². The smallest absolute Gasteiger partial charge is 0.389 e. The third-order valence-electron chi connectivity index (χ3n) is 2.27. The zero-order valence-corrected chi connectivity index (χ0v) is 12.8. The second kappa shape index (κ2) is 10.7. The lowest BCUT2D eigenvalue weighted by molar-refractivity contribution is -0.132. The number of nitrogens with zero attached hydrogens (tertiary/aromatic N) is 1. The summed E-state index contributed by atoms with van der Waals surface area (Å²) in [5, 5.41) is 15.1. The molecule has 1 atom stereocenters. The summed E-state index contributed by atoms with van der Waals surface area (Å²) in [6, 6.07) is 0. The fraction of sp³-hybridized carbons (Fsp3) is 0.923. The van der Waals surface area contributed by atoms with Crippen LogP contribution in [0.4, 0.5) is 13.2 Å². The molecule has 126 valence electrons. The summed E-state index contributed by atoms with van der Waals surface area (Å²) in [6.07, 6.45) is -5.91. The third-order valence-corrected chi connectivity index (χ3v) is 2.27. The van der Waals surface area contributed by atoms with Gasteiger partial charge in [-0.25, -0.2) is 0 Å². The van der Waals surface area contributed by atoms with E-state index >= 15 is 0 Å². The molecule has 21 heavy (non-hydrogen) atoms. The van der Waals surface area contributed by atoms with Crippen molar-refractivity contribution in [3.8, 4) is 0 Å². The largest absolute Gasteiger partial charge is 0.390 e. The Morgan fingerprint density at radius 2 is 1.90 bits per heavy atom. The molecule has 0 aliphatic carbocycles. The Labute approximate surface area is 124 Å². The van der Waals surface area contributed by atoms with E-state index in [0.717, 1.165) is 0 Å². The first kappa shape index (κ1) is 20.0. The Morgan fingerprint density at radius 1 is 1.24 bits per heavy atom. The Morgan fingerprint density at radius 3 is 2.43 bits per heavy atom. The molecule has 5 nitrogen and oxygen atoms in total. The molecule has 0 spiro atoms. The number of aliphatic hydroxyl groups is 1. The van der Waals surface area contributed by atoms with Gasteiger partial charge in [-0.15, -0.1) is 0 Å². The molecule has 0 rings (SSSR count). The van der Waals surface area contributed by atoms with E-state index in [-0.39, 0.29) is 25.7 Å². The Balaban J connectivity index is 4.07. The average Bonchev–Trinajstić information content (AvgIpc) is 2.34. The van der Waals surface area contributed by atoms with Crippen molar-refractivity contribution < 1.29 is 23.0 Å². The average molecular weight is 313 g/mol. The molecule has 0 aromatic heterocycles. The molecule has 0 saturated heterocycles. The van der Waals surface area contributed by atoms with Gasteiger partial charge in [0.25, 0.3) is 0 Å². The summed E-state index contributed by atoms with van der Waals surface area (Å²) < 4.78 is 41.4. The number of aliphatic imine (C=N–C) groups is 1. The van der Waals surface area contributed by atoms with Gasteiger partial charge in [-0.2, -0.15) is 13.2 Å². The lowest BCUT2D eigenvalue weighted by atomic mass is 10.2. The standard InChI is InChI=1S/C13H26F3N3O2/c1-4-17-12(18-6-5-13(14,15)16)19-7-11(20)9-21-8-10(2)3/h10-11,20H,4-9H2,1-3H3,(H2,17,18,19). The van der Waals surface area contributed by atoms with Crippen molar-refractivity contribution in [3.63, 3.8) is 0 Å². The molecule has 0 aliphatic rings. The maximum Gasteiger partial charge on any atom is 0.390 e. The molecule has 1 unspecified atom stereocenters. The minimum atomic E-state index is -4.20. The summed E-state index contributed by atoms with van der Waals surface area (Å²) in [5.74, 6) is 0.631. The molecule has 8 heteroatoms. The van der Waals surface area contributed by atoms with Crippen LogP contribution in [0.15, 0.2) is 4.99 Å². The van der Waals surface area contributed by atoms with Crippen LogP contribution in [0.3, 0.4) is 0 Å². The van der Waals surface area contributed by atoms with Crippen LogP contribution >= 0.6 is 0 Å². The molecule has 0 aromatic carbocycles. The predicted octanol–water partition coefficient (Wildman–Crippen LogP) is 1.53. The van der Waals surface area contributed by atoms with Crippen LogP contribution in [0, 0.1) is 5.92 Å². The van der Waals surface area contributed by atoms with Crippen LogP contribution in [0.25, 0.3) is 0 Å². The highest BCUT2D eigenvalue weighted by atomic mass is 19.4. The fourth-order valence-electron chi connectivity index (χ4n) is 1.35. The summed E-state index contributed by atoms with van der Waals surface area (Å²) in [5.41, 5.74) is 0. The first-order valence-corrected chi connectivity index (χ1v) is 7.09. The van der Waals surface area contributed by atoms with E-state index < -0.39 is 18.7 Å². The first-order chi connectivity index (χ1) is 9.74. The highest BCUT2D eigenvalue weighted by molar-refractivity contribution is 5.79. The number of aliphatic hydroxyl groups excluding tert-OH is 1. The van der Waals surface area contributed by atoms with Crippen LogP contribution in [-0.2, 0) is 4.74 Å². The van der Waals surface area contributed by atoms with Crippen molar-refractivity contribution in [3.05, 3.63) is 0 Å². The van der Waals surface area contributed by atoms with Gasteiger partial charge in [0.05, 0.1) is 25.7 Å². The van der Waals surface area contributed by atoms with Crippen molar-refractivity contribution in [2.75, 3.05) is 32.8 Å². The monoisotopic (exact) mass is 313 g/mol. The SMILES string of the molecule is CCNC(=NCC(O)COCC(C)C)NCCC(F)(F)F. The van der Waals surface area contributed by atoms with Crippen molar-refractivity contribution in [1.82, 2.24) is 10.6 Å². The van der Waals surface area contributed by atoms with Gasteiger partial charge in [0, 0.05) is 19.7 Å². The van der Waals surface area contributed by atoms with E-state index in [2.05, 4.69) is 15.6 Å². The third kappa shape index (κ3) is 13.7. The van der Waals surface area contributed by atoms with E-state index in [1.807, 2.05) is 20.8 Å². The molecule has 0 heterocycles. The highest BCUT2D eigenvalue weighted by Crippen LogP contribution is 2.17. The number of hydrogen-bond donors (Lipinski definition) is 3. The fourth-order valence-corrected chi connectivity index (χ4v) is 1.35. The van der Waals surface area contributed by atoms with Gasteiger partial charge in [-0.05, 0) is 12.8 Å². The van der Waals surface area contributed by atoms with Crippen LogP contribution in [-0.4, -0.2) is 56.2 Å². The van der Waals surface area contributed by atoms with Crippen LogP contribution < -0.4 is 10.6 Å². The topological polar surface area (TPSA) is 65.9 Å².